The van der Waals surface area contributed by atoms with Gasteiger partial charge in [0.2, 0.25) is 0 Å². The number of hydrogen-bond acceptors (Lipinski definition) is 2. The van der Waals surface area contributed by atoms with Crippen molar-refractivity contribution >= 4 is 12.0 Å². The van der Waals surface area contributed by atoms with Gasteiger partial charge in [0, 0.05) is 0 Å². The number of carbonyl (C=O) groups is 1. The Morgan fingerprint density at radius 1 is 1.19 bits per heavy atom. The summed E-state index contributed by atoms with van der Waals surface area (Å²) in [6.45, 7) is 6.26. The molecule has 0 N–H and O–H groups in total. The van der Waals surface area contributed by atoms with Gasteiger partial charge in [-0.1, -0.05) is 24.3 Å². The molecule has 1 aromatic carbocycles. The molecule has 0 saturated heterocycles. The van der Waals surface area contributed by atoms with Gasteiger partial charge in [-0.25, -0.2) is 0 Å². The standard InChI is InChI=1S/C14H18O2/c1-10-8-12(3)13(9-11(10)2)6-5-7-14(15)16-4/h5-6,8-9H,7H2,1-4H3. The minimum absolute atomic E-state index is 0.210. The summed E-state index contributed by atoms with van der Waals surface area (Å²) in [5.41, 5.74) is 4.95. The fourth-order valence-electron chi connectivity index (χ4n) is 1.53. The van der Waals surface area contributed by atoms with Crippen molar-refractivity contribution in [3.8, 4) is 0 Å². The summed E-state index contributed by atoms with van der Waals surface area (Å²) < 4.78 is 4.57. The summed E-state index contributed by atoms with van der Waals surface area (Å²) >= 11 is 0. The first-order valence-corrected chi connectivity index (χ1v) is 5.36. The van der Waals surface area contributed by atoms with Crippen LogP contribution in [-0.2, 0) is 9.53 Å². The zero-order chi connectivity index (χ0) is 12.1. The molecule has 0 bridgehead atoms. The van der Waals surface area contributed by atoms with Gasteiger partial charge < -0.3 is 4.74 Å². The number of aryl methyl sites for hydroxylation is 3. The summed E-state index contributed by atoms with van der Waals surface area (Å²) in [5.74, 6) is -0.210. The molecule has 2 nitrogen and oxygen atoms in total. The van der Waals surface area contributed by atoms with Crippen molar-refractivity contribution in [1.82, 2.24) is 0 Å². The third kappa shape index (κ3) is 3.23. The molecule has 0 spiro atoms. The van der Waals surface area contributed by atoms with Crippen LogP contribution in [0.3, 0.4) is 0 Å². The topological polar surface area (TPSA) is 26.3 Å². The highest BCUT2D eigenvalue weighted by atomic mass is 16.5. The van der Waals surface area contributed by atoms with E-state index in [2.05, 4.69) is 37.6 Å². The Bertz CT molecular complexity index is 417. The lowest BCUT2D eigenvalue weighted by atomic mass is 10.0. The van der Waals surface area contributed by atoms with E-state index in [4.69, 9.17) is 0 Å². The van der Waals surface area contributed by atoms with E-state index in [-0.39, 0.29) is 5.97 Å². The second-order valence-electron chi connectivity index (χ2n) is 3.98. The molecule has 0 fully saturated rings. The molecule has 0 saturated carbocycles. The van der Waals surface area contributed by atoms with Gasteiger partial charge in [-0.3, -0.25) is 4.79 Å². The highest BCUT2D eigenvalue weighted by Gasteiger charge is 1.99. The van der Waals surface area contributed by atoms with Crippen LogP contribution in [0.1, 0.15) is 28.7 Å². The third-order valence-corrected chi connectivity index (χ3v) is 2.69. The van der Waals surface area contributed by atoms with Gasteiger partial charge in [0.15, 0.2) is 0 Å². The van der Waals surface area contributed by atoms with Gasteiger partial charge >= 0.3 is 5.97 Å². The normalized spacial score (nSPS) is 10.8. The summed E-state index contributed by atoms with van der Waals surface area (Å²) in [6, 6.07) is 4.30. The maximum Gasteiger partial charge on any atom is 0.309 e. The number of benzene rings is 1. The van der Waals surface area contributed by atoms with Crippen LogP contribution < -0.4 is 0 Å². The molecule has 16 heavy (non-hydrogen) atoms. The van der Waals surface area contributed by atoms with Crippen LogP contribution in [0.4, 0.5) is 0 Å². The van der Waals surface area contributed by atoms with Crippen LogP contribution in [-0.4, -0.2) is 13.1 Å². The first-order valence-electron chi connectivity index (χ1n) is 5.36. The molecule has 0 amide bonds. The van der Waals surface area contributed by atoms with Crippen LogP contribution in [0.15, 0.2) is 18.2 Å². The van der Waals surface area contributed by atoms with Crippen molar-refractivity contribution in [2.75, 3.05) is 7.11 Å². The van der Waals surface area contributed by atoms with Crippen LogP contribution in [0.25, 0.3) is 6.08 Å². The zero-order valence-corrected chi connectivity index (χ0v) is 10.3. The summed E-state index contributed by atoms with van der Waals surface area (Å²) in [4.78, 5) is 10.9. The van der Waals surface area contributed by atoms with Crippen molar-refractivity contribution < 1.29 is 9.53 Å². The Balaban J connectivity index is 2.81. The van der Waals surface area contributed by atoms with Crippen molar-refractivity contribution in [3.63, 3.8) is 0 Å². The van der Waals surface area contributed by atoms with Crippen molar-refractivity contribution in [2.45, 2.75) is 27.2 Å². The van der Waals surface area contributed by atoms with Crippen LogP contribution in [0.5, 0.6) is 0 Å². The minimum Gasteiger partial charge on any atom is -0.469 e. The van der Waals surface area contributed by atoms with Crippen LogP contribution in [0.2, 0.25) is 0 Å². The average molecular weight is 218 g/mol. The molecule has 0 aliphatic rings. The Kier molecular flexibility index (Phi) is 4.29. The maximum atomic E-state index is 10.9. The summed E-state index contributed by atoms with van der Waals surface area (Å²) in [5, 5.41) is 0. The Morgan fingerprint density at radius 3 is 2.44 bits per heavy atom. The Hall–Kier alpha value is -1.57. The first kappa shape index (κ1) is 12.5. The maximum absolute atomic E-state index is 10.9. The van der Waals surface area contributed by atoms with Crippen molar-refractivity contribution in [1.29, 1.82) is 0 Å². The van der Waals surface area contributed by atoms with E-state index in [0.29, 0.717) is 6.42 Å². The quantitative estimate of drug-likeness (QED) is 0.728. The third-order valence-electron chi connectivity index (χ3n) is 2.69. The number of ether oxygens (including phenoxy) is 1. The molecule has 0 unspecified atom stereocenters. The lowest BCUT2D eigenvalue weighted by Crippen LogP contribution is -1.96. The fraction of sp³-hybridized carbons (Fsp3) is 0.357. The molecule has 86 valence electrons. The Morgan fingerprint density at radius 2 is 1.81 bits per heavy atom. The smallest absolute Gasteiger partial charge is 0.309 e. The van der Waals surface area contributed by atoms with E-state index in [1.807, 2.05) is 12.2 Å². The van der Waals surface area contributed by atoms with Gasteiger partial charge in [-0.2, -0.15) is 0 Å². The lowest BCUT2D eigenvalue weighted by Gasteiger charge is -2.05. The highest BCUT2D eigenvalue weighted by Crippen LogP contribution is 2.16. The summed E-state index contributed by atoms with van der Waals surface area (Å²) in [6.07, 6.45) is 4.13. The molecule has 2 heteroatoms. The predicted molar refractivity (Wildman–Crippen MR) is 66.3 cm³/mol. The van der Waals surface area contributed by atoms with Gasteiger partial charge in [0.25, 0.3) is 0 Å². The largest absolute Gasteiger partial charge is 0.469 e. The Labute approximate surface area is 96.9 Å². The van der Waals surface area contributed by atoms with Crippen molar-refractivity contribution in [3.05, 3.63) is 40.5 Å². The van der Waals surface area contributed by atoms with Gasteiger partial charge in [0.1, 0.15) is 0 Å². The van der Waals surface area contributed by atoms with E-state index in [9.17, 15) is 4.79 Å². The van der Waals surface area contributed by atoms with E-state index >= 15 is 0 Å². The highest BCUT2D eigenvalue weighted by molar-refractivity contribution is 5.72. The second kappa shape index (κ2) is 5.50. The van der Waals surface area contributed by atoms with Crippen molar-refractivity contribution in [2.24, 2.45) is 0 Å². The monoisotopic (exact) mass is 218 g/mol. The van der Waals surface area contributed by atoms with Crippen LogP contribution >= 0.6 is 0 Å². The molecule has 0 aliphatic heterocycles. The van der Waals surface area contributed by atoms with E-state index < -0.39 is 0 Å². The number of hydrogen-bond donors (Lipinski definition) is 0. The van der Waals surface area contributed by atoms with Gasteiger partial charge in [-0.05, 0) is 43.0 Å². The lowest BCUT2D eigenvalue weighted by molar-refractivity contribution is -0.139. The molecule has 1 aromatic rings. The number of esters is 1. The molecule has 0 heterocycles. The molecule has 0 radical (unpaired) electrons. The molecule has 1 rings (SSSR count). The van der Waals surface area contributed by atoms with E-state index in [0.717, 1.165) is 5.56 Å². The summed E-state index contributed by atoms with van der Waals surface area (Å²) in [7, 11) is 1.40. The molecule has 0 aliphatic carbocycles. The number of carbonyl (C=O) groups excluding carboxylic acids is 1. The molecule has 0 aromatic heterocycles. The molecular weight excluding hydrogens is 200 g/mol. The van der Waals surface area contributed by atoms with Gasteiger partial charge in [0.05, 0.1) is 13.5 Å². The second-order valence-corrected chi connectivity index (χ2v) is 3.98. The molecular formula is C14H18O2. The fourth-order valence-corrected chi connectivity index (χ4v) is 1.53. The molecule has 0 atom stereocenters. The van der Waals surface area contributed by atoms with Gasteiger partial charge in [-0.15, -0.1) is 0 Å². The average Bonchev–Trinajstić information content (AvgIpc) is 2.25. The SMILES string of the molecule is COC(=O)CC=Cc1cc(C)c(C)cc1C. The van der Waals surface area contributed by atoms with E-state index in [1.165, 1.54) is 23.8 Å². The minimum atomic E-state index is -0.210. The predicted octanol–water partition coefficient (Wildman–Crippen LogP) is 3.19. The van der Waals surface area contributed by atoms with Crippen LogP contribution in [0, 0.1) is 20.8 Å². The number of rotatable bonds is 3. The van der Waals surface area contributed by atoms with E-state index in [1.54, 1.807) is 0 Å². The first-order chi connectivity index (χ1) is 7.54. The number of methoxy groups -OCH3 is 1. The zero-order valence-electron chi connectivity index (χ0n) is 10.3.